The lowest BCUT2D eigenvalue weighted by Crippen LogP contribution is -2.35. The summed E-state index contributed by atoms with van der Waals surface area (Å²) in [7, 11) is 1.66. The Kier molecular flexibility index (Phi) is 3.15. The van der Waals surface area contributed by atoms with Crippen LogP contribution in [0.1, 0.15) is 25.1 Å². The van der Waals surface area contributed by atoms with E-state index in [2.05, 4.69) is 15.4 Å². The van der Waals surface area contributed by atoms with E-state index in [9.17, 15) is 0 Å². The Hall–Kier alpha value is -1.62. The van der Waals surface area contributed by atoms with Crippen LogP contribution in [0.3, 0.4) is 0 Å². The van der Waals surface area contributed by atoms with Gasteiger partial charge in [0.25, 0.3) is 0 Å². The zero-order valence-electron chi connectivity index (χ0n) is 10.6. The topological polar surface area (TPSA) is 51.5 Å². The van der Waals surface area contributed by atoms with Crippen molar-refractivity contribution in [1.29, 1.82) is 0 Å². The first-order chi connectivity index (χ1) is 8.85. The Morgan fingerprint density at radius 3 is 3.17 bits per heavy atom. The van der Waals surface area contributed by atoms with Crippen molar-refractivity contribution in [3.63, 3.8) is 0 Å². The molecular formula is C13H18N4O. The molecule has 5 nitrogen and oxygen atoms in total. The normalized spacial score (nSPS) is 20.2. The number of methoxy groups -OCH3 is 1. The molecule has 0 aromatic carbocycles. The van der Waals surface area contributed by atoms with E-state index in [1.165, 1.54) is 19.3 Å². The third-order valence-electron chi connectivity index (χ3n) is 3.42. The highest BCUT2D eigenvalue weighted by Gasteiger charge is 2.15. The molecule has 2 aromatic heterocycles. The number of aromatic nitrogens is 3. The maximum Gasteiger partial charge on any atom is 0.155 e. The minimum Gasteiger partial charge on any atom is -0.495 e. The lowest BCUT2D eigenvalue weighted by molar-refractivity contribution is 0.394. The fourth-order valence-electron chi connectivity index (χ4n) is 2.44. The van der Waals surface area contributed by atoms with Crippen LogP contribution in [-0.4, -0.2) is 34.3 Å². The summed E-state index contributed by atoms with van der Waals surface area (Å²) in [4.78, 5) is 4.54. The molecule has 1 saturated heterocycles. The number of nitrogens with one attached hydrogen (secondary N) is 1. The third kappa shape index (κ3) is 2.31. The second-order valence-electron chi connectivity index (χ2n) is 4.75. The summed E-state index contributed by atoms with van der Waals surface area (Å²) in [6.07, 6.45) is 6.58. The molecule has 0 amide bonds. The zero-order chi connectivity index (χ0) is 12.4. The predicted octanol–water partition coefficient (Wildman–Crippen LogP) is 1.42. The fraction of sp³-hybridized carbons (Fsp3) is 0.538. The molecule has 2 aromatic rings. The fourth-order valence-corrected chi connectivity index (χ4v) is 2.44. The zero-order valence-corrected chi connectivity index (χ0v) is 10.6. The number of rotatable bonds is 3. The summed E-state index contributed by atoms with van der Waals surface area (Å²) in [5.74, 6) is 1.71. The van der Waals surface area contributed by atoms with E-state index in [1.54, 1.807) is 11.6 Å². The number of nitrogens with zero attached hydrogens (tertiary/aromatic N) is 3. The van der Waals surface area contributed by atoms with Crippen molar-refractivity contribution in [2.24, 2.45) is 0 Å². The Morgan fingerprint density at radius 1 is 1.44 bits per heavy atom. The van der Waals surface area contributed by atoms with E-state index in [4.69, 9.17) is 4.74 Å². The number of fused-ring (bicyclic) bond motifs is 1. The van der Waals surface area contributed by atoms with Crippen LogP contribution in [0.4, 0.5) is 0 Å². The summed E-state index contributed by atoms with van der Waals surface area (Å²) in [5, 5.41) is 8.02. The second kappa shape index (κ2) is 4.94. The molecule has 1 aliphatic heterocycles. The van der Waals surface area contributed by atoms with Crippen LogP contribution in [0.15, 0.2) is 18.3 Å². The Labute approximate surface area is 106 Å². The predicted molar refractivity (Wildman–Crippen MR) is 68.9 cm³/mol. The number of hydrogen-bond donors (Lipinski definition) is 1. The Bertz CT molecular complexity index is 531. The van der Waals surface area contributed by atoms with Crippen LogP contribution in [0.5, 0.6) is 5.75 Å². The van der Waals surface area contributed by atoms with Crippen LogP contribution < -0.4 is 10.1 Å². The van der Waals surface area contributed by atoms with Gasteiger partial charge >= 0.3 is 0 Å². The molecule has 0 spiro atoms. The number of piperidine rings is 1. The van der Waals surface area contributed by atoms with Gasteiger partial charge in [-0.25, -0.2) is 9.50 Å². The van der Waals surface area contributed by atoms with Crippen LogP contribution in [0.2, 0.25) is 0 Å². The van der Waals surface area contributed by atoms with Gasteiger partial charge in [-0.3, -0.25) is 0 Å². The molecule has 0 radical (unpaired) electrons. The number of hydrogen-bond acceptors (Lipinski definition) is 4. The summed E-state index contributed by atoms with van der Waals surface area (Å²) < 4.78 is 6.97. The van der Waals surface area contributed by atoms with Gasteiger partial charge in [-0.2, -0.15) is 5.10 Å². The lowest BCUT2D eigenvalue weighted by Gasteiger charge is -2.21. The molecule has 1 fully saturated rings. The van der Waals surface area contributed by atoms with Gasteiger partial charge in [0.2, 0.25) is 0 Å². The summed E-state index contributed by atoms with van der Waals surface area (Å²) in [6.45, 7) is 1.12. The molecule has 0 aliphatic carbocycles. The van der Waals surface area contributed by atoms with Gasteiger partial charge in [0.15, 0.2) is 11.5 Å². The van der Waals surface area contributed by atoms with Crippen molar-refractivity contribution in [2.75, 3.05) is 13.7 Å². The van der Waals surface area contributed by atoms with E-state index in [1.807, 2.05) is 18.3 Å². The lowest BCUT2D eigenvalue weighted by atomic mass is 10.0. The first kappa shape index (κ1) is 11.5. The van der Waals surface area contributed by atoms with E-state index in [0.29, 0.717) is 6.04 Å². The van der Waals surface area contributed by atoms with Crippen LogP contribution >= 0.6 is 0 Å². The molecule has 1 N–H and O–H groups in total. The van der Waals surface area contributed by atoms with Gasteiger partial charge in [-0.1, -0.05) is 6.42 Å². The van der Waals surface area contributed by atoms with Gasteiger partial charge in [0.1, 0.15) is 5.75 Å². The molecule has 1 atom stereocenters. The molecule has 3 heterocycles. The van der Waals surface area contributed by atoms with E-state index < -0.39 is 0 Å². The monoisotopic (exact) mass is 246 g/mol. The highest BCUT2D eigenvalue weighted by atomic mass is 16.5. The van der Waals surface area contributed by atoms with E-state index in [-0.39, 0.29) is 0 Å². The van der Waals surface area contributed by atoms with Gasteiger partial charge in [0, 0.05) is 12.5 Å². The van der Waals surface area contributed by atoms with Crippen molar-refractivity contribution < 1.29 is 4.74 Å². The van der Waals surface area contributed by atoms with Gasteiger partial charge in [0.05, 0.1) is 13.3 Å². The maximum absolute atomic E-state index is 5.18. The highest BCUT2D eigenvalue weighted by molar-refractivity contribution is 5.40. The average Bonchev–Trinajstić information content (AvgIpc) is 2.80. The van der Waals surface area contributed by atoms with Gasteiger partial charge in [-0.15, -0.1) is 0 Å². The SMILES string of the molecule is COc1ccc2nc(CC3CCCCN3)nn2c1. The molecule has 0 saturated carbocycles. The summed E-state index contributed by atoms with van der Waals surface area (Å²) in [6, 6.07) is 4.37. The standard InChI is InChI=1S/C13H18N4O/c1-18-11-5-6-13-15-12(16-17(13)9-11)8-10-4-2-3-7-14-10/h5-6,9-10,14H,2-4,7-8H2,1H3. The molecular weight excluding hydrogens is 228 g/mol. The molecule has 18 heavy (non-hydrogen) atoms. The van der Waals surface area contributed by atoms with Crippen molar-refractivity contribution in [2.45, 2.75) is 31.7 Å². The van der Waals surface area contributed by atoms with Crippen LogP contribution in [0.25, 0.3) is 5.65 Å². The van der Waals surface area contributed by atoms with Crippen molar-refractivity contribution in [3.8, 4) is 5.75 Å². The first-order valence-corrected chi connectivity index (χ1v) is 6.48. The van der Waals surface area contributed by atoms with Gasteiger partial charge in [-0.05, 0) is 31.5 Å². The second-order valence-corrected chi connectivity index (χ2v) is 4.75. The first-order valence-electron chi connectivity index (χ1n) is 6.48. The molecule has 96 valence electrons. The van der Waals surface area contributed by atoms with Crippen LogP contribution in [0, 0.1) is 0 Å². The Morgan fingerprint density at radius 2 is 2.39 bits per heavy atom. The van der Waals surface area contributed by atoms with Gasteiger partial charge < -0.3 is 10.1 Å². The number of pyridine rings is 1. The van der Waals surface area contributed by atoms with E-state index >= 15 is 0 Å². The van der Waals surface area contributed by atoms with Crippen molar-refractivity contribution in [3.05, 3.63) is 24.2 Å². The minimum absolute atomic E-state index is 0.526. The molecule has 0 bridgehead atoms. The smallest absolute Gasteiger partial charge is 0.155 e. The molecule has 3 rings (SSSR count). The Balaban J connectivity index is 1.79. The number of ether oxygens (including phenoxy) is 1. The van der Waals surface area contributed by atoms with Crippen molar-refractivity contribution in [1.82, 2.24) is 19.9 Å². The quantitative estimate of drug-likeness (QED) is 0.890. The maximum atomic E-state index is 5.18. The third-order valence-corrected chi connectivity index (χ3v) is 3.42. The molecule has 1 aliphatic rings. The van der Waals surface area contributed by atoms with Crippen molar-refractivity contribution >= 4 is 5.65 Å². The molecule has 5 heteroatoms. The average molecular weight is 246 g/mol. The molecule has 1 unspecified atom stereocenters. The largest absolute Gasteiger partial charge is 0.495 e. The minimum atomic E-state index is 0.526. The van der Waals surface area contributed by atoms with E-state index in [0.717, 1.165) is 30.2 Å². The highest BCUT2D eigenvalue weighted by Crippen LogP contribution is 2.14. The van der Waals surface area contributed by atoms with Crippen LogP contribution in [-0.2, 0) is 6.42 Å². The summed E-state index contributed by atoms with van der Waals surface area (Å²) >= 11 is 0. The summed E-state index contributed by atoms with van der Waals surface area (Å²) in [5.41, 5.74) is 0.876.